The van der Waals surface area contributed by atoms with E-state index in [-0.39, 0.29) is 11.9 Å². The lowest BCUT2D eigenvalue weighted by Gasteiger charge is -2.33. The highest BCUT2D eigenvalue weighted by atomic mass is 16.3. The van der Waals surface area contributed by atoms with Crippen molar-refractivity contribution in [2.24, 2.45) is 0 Å². The Hall–Kier alpha value is -0.610. The molecule has 0 aromatic rings. The molecule has 2 unspecified atom stereocenters. The zero-order valence-corrected chi connectivity index (χ0v) is 10.8. The molecule has 0 aromatic heterocycles. The van der Waals surface area contributed by atoms with Gasteiger partial charge in [0.05, 0.1) is 11.6 Å². The van der Waals surface area contributed by atoms with E-state index in [9.17, 15) is 9.90 Å². The number of carbonyl (C=O) groups excluding carboxylic acids is 1. The summed E-state index contributed by atoms with van der Waals surface area (Å²) in [7, 11) is 1.75. The molecule has 1 aliphatic rings. The monoisotopic (exact) mass is 228 g/mol. The van der Waals surface area contributed by atoms with Crippen molar-refractivity contribution in [1.29, 1.82) is 0 Å². The van der Waals surface area contributed by atoms with Crippen LogP contribution in [-0.4, -0.2) is 47.2 Å². The smallest absolute Gasteiger partial charge is 0.239 e. The van der Waals surface area contributed by atoms with E-state index in [4.69, 9.17) is 0 Å². The molecule has 0 spiro atoms. The van der Waals surface area contributed by atoms with Gasteiger partial charge in [-0.15, -0.1) is 0 Å². The maximum atomic E-state index is 12.1. The molecule has 0 bridgehead atoms. The second-order valence-electron chi connectivity index (χ2n) is 5.56. The van der Waals surface area contributed by atoms with Crippen LogP contribution < -0.4 is 5.32 Å². The molecule has 2 N–H and O–H groups in total. The summed E-state index contributed by atoms with van der Waals surface area (Å²) >= 11 is 0. The van der Waals surface area contributed by atoms with Crippen LogP contribution in [0.3, 0.4) is 0 Å². The highest BCUT2D eigenvalue weighted by Gasteiger charge is 2.28. The number of amides is 1. The Kier molecular flexibility index (Phi) is 4.33. The molecule has 0 saturated carbocycles. The lowest BCUT2D eigenvalue weighted by molar-refractivity contribution is -0.135. The Morgan fingerprint density at radius 3 is 2.62 bits per heavy atom. The van der Waals surface area contributed by atoms with Gasteiger partial charge in [-0.3, -0.25) is 4.79 Å². The van der Waals surface area contributed by atoms with Gasteiger partial charge >= 0.3 is 0 Å². The van der Waals surface area contributed by atoms with E-state index in [2.05, 4.69) is 12.2 Å². The van der Waals surface area contributed by atoms with Crippen LogP contribution in [0.2, 0.25) is 0 Å². The van der Waals surface area contributed by atoms with E-state index in [1.54, 1.807) is 25.8 Å². The van der Waals surface area contributed by atoms with Crippen LogP contribution >= 0.6 is 0 Å². The van der Waals surface area contributed by atoms with E-state index in [1.165, 1.54) is 0 Å². The molecule has 16 heavy (non-hydrogen) atoms. The minimum atomic E-state index is -0.829. The predicted octanol–water partition coefficient (Wildman–Crippen LogP) is 0.746. The predicted molar refractivity (Wildman–Crippen MR) is 64.2 cm³/mol. The number of nitrogens with zero attached hydrogens (tertiary/aromatic N) is 1. The Morgan fingerprint density at radius 1 is 1.50 bits per heavy atom. The minimum absolute atomic E-state index is 0.0731. The van der Waals surface area contributed by atoms with E-state index in [1.807, 2.05) is 0 Å². The second kappa shape index (κ2) is 5.15. The first kappa shape index (κ1) is 13.5. The maximum Gasteiger partial charge on any atom is 0.239 e. The van der Waals surface area contributed by atoms with Crippen molar-refractivity contribution >= 4 is 5.91 Å². The number of nitrogens with one attached hydrogen (secondary N) is 1. The Bertz CT molecular complexity index is 248. The van der Waals surface area contributed by atoms with E-state index < -0.39 is 5.60 Å². The Balaban J connectivity index is 2.49. The molecule has 4 heteroatoms. The van der Waals surface area contributed by atoms with Gasteiger partial charge in [-0.1, -0.05) is 0 Å². The lowest BCUT2D eigenvalue weighted by Crippen LogP contribution is -2.52. The summed E-state index contributed by atoms with van der Waals surface area (Å²) in [4.78, 5) is 13.7. The average molecular weight is 228 g/mol. The van der Waals surface area contributed by atoms with Crippen molar-refractivity contribution in [3.8, 4) is 0 Å². The third-order valence-corrected chi connectivity index (χ3v) is 2.91. The van der Waals surface area contributed by atoms with Gasteiger partial charge in [0.15, 0.2) is 0 Å². The molecule has 1 heterocycles. The summed E-state index contributed by atoms with van der Waals surface area (Å²) in [6, 6.07) is 0.342. The molecule has 0 aromatic carbocycles. The van der Waals surface area contributed by atoms with E-state index in [0.717, 1.165) is 19.3 Å². The molecule has 94 valence electrons. The number of aliphatic hydroxyl groups is 1. The summed E-state index contributed by atoms with van der Waals surface area (Å²) in [5.74, 6) is 0.0914. The molecule has 0 radical (unpaired) electrons. The second-order valence-corrected chi connectivity index (χ2v) is 5.56. The van der Waals surface area contributed by atoms with Gasteiger partial charge in [0.25, 0.3) is 0 Å². The van der Waals surface area contributed by atoms with Gasteiger partial charge in [-0.05, 0) is 40.0 Å². The van der Waals surface area contributed by atoms with Crippen molar-refractivity contribution < 1.29 is 9.90 Å². The largest absolute Gasteiger partial charge is 0.389 e. The molecular weight excluding hydrogens is 204 g/mol. The van der Waals surface area contributed by atoms with E-state index in [0.29, 0.717) is 12.6 Å². The summed E-state index contributed by atoms with van der Waals surface area (Å²) in [5, 5.41) is 13.0. The van der Waals surface area contributed by atoms with Crippen LogP contribution in [0.25, 0.3) is 0 Å². The quantitative estimate of drug-likeness (QED) is 0.749. The van der Waals surface area contributed by atoms with Crippen LogP contribution in [0.1, 0.15) is 40.0 Å². The van der Waals surface area contributed by atoms with Crippen molar-refractivity contribution in [2.75, 3.05) is 13.6 Å². The number of hydrogen-bond acceptors (Lipinski definition) is 3. The fraction of sp³-hybridized carbons (Fsp3) is 0.917. The maximum absolute atomic E-state index is 12.1. The number of carbonyl (C=O) groups is 1. The molecule has 1 rings (SSSR count). The zero-order valence-electron chi connectivity index (χ0n) is 10.8. The minimum Gasteiger partial charge on any atom is -0.389 e. The lowest BCUT2D eigenvalue weighted by atomic mass is 9.98. The number of likely N-dealkylation sites (N-methyl/N-ethyl adjacent to an activating group) is 1. The van der Waals surface area contributed by atoms with Gasteiger partial charge in [0.1, 0.15) is 0 Å². The van der Waals surface area contributed by atoms with Crippen LogP contribution in [0.4, 0.5) is 0 Å². The van der Waals surface area contributed by atoms with Gasteiger partial charge in [-0.2, -0.15) is 0 Å². The third-order valence-electron chi connectivity index (χ3n) is 2.91. The van der Waals surface area contributed by atoms with Crippen LogP contribution in [-0.2, 0) is 4.79 Å². The van der Waals surface area contributed by atoms with Crippen molar-refractivity contribution in [3.63, 3.8) is 0 Å². The fourth-order valence-corrected chi connectivity index (χ4v) is 2.26. The van der Waals surface area contributed by atoms with E-state index >= 15 is 0 Å². The van der Waals surface area contributed by atoms with Gasteiger partial charge in [0.2, 0.25) is 5.91 Å². The molecule has 1 amide bonds. The van der Waals surface area contributed by atoms with Gasteiger partial charge < -0.3 is 15.3 Å². The number of rotatable bonds is 3. The standard InChI is InChI=1S/C12H24N2O2/c1-9-6-5-7-10(13-9)11(15)14(4)8-12(2,3)16/h9-10,13,16H,5-8H2,1-4H3. The molecule has 4 nitrogen and oxygen atoms in total. The SMILES string of the molecule is CC1CCCC(C(=O)N(C)CC(C)(C)O)N1. The van der Waals surface area contributed by atoms with Crippen LogP contribution in [0.5, 0.6) is 0 Å². The van der Waals surface area contributed by atoms with Crippen molar-refractivity contribution in [3.05, 3.63) is 0 Å². The highest BCUT2D eigenvalue weighted by Crippen LogP contribution is 2.14. The average Bonchev–Trinajstić information content (AvgIpc) is 2.14. The summed E-state index contributed by atoms with van der Waals surface area (Å²) in [6.45, 7) is 5.91. The first-order chi connectivity index (χ1) is 7.29. The van der Waals surface area contributed by atoms with Crippen LogP contribution in [0, 0.1) is 0 Å². The zero-order chi connectivity index (χ0) is 12.3. The summed E-state index contributed by atoms with van der Waals surface area (Å²) in [5.41, 5.74) is -0.829. The topological polar surface area (TPSA) is 52.6 Å². The Morgan fingerprint density at radius 2 is 2.12 bits per heavy atom. The third kappa shape index (κ3) is 4.10. The first-order valence-corrected chi connectivity index (χ1v) is 6.03. The van der Waals surface area contributed by atoms with Gasteiger partial charge in [-0.25, -0.2) is 0 Å². The molecular formula is C12H24N2O2. The van der Waals surface area contributed by atoms with Crippen LogP contribution in [0.15, 0.2) is 0 Å². The van der Waals surface area contributed by atoms with Crippen molar-refractivity contribution in [1.82, 2.24) is 10.2 Å². The fourth-order valence-electron chi connectivity index (χ4n) is 2.26. The summed E-state index contributed by atoms with van der Waals surface area (Å²) in [6.07, 6.45) is 3.14. The highest BCUT2D eigenvalue weighted by molar-refractivity contribution is 5.81. The molecule has 1 aliphatic heterocycles. The normalized spacial score (nSPS) is 26.6. The van der Waals surface area contributed by atoms with Crippen molar-refractivity contribution in [2.45, 2.75) is 57.7 Å². The molecule has 2 atom stereocenters. The molecule has 0 aliphatic carbocycles. The number of piperidine rings is 1. The molecule has 1 saturated heterocycles. The summed E-state index contributed by atoms with van der Waals surface area (Å²) < 4.78 is 0. The van der Waals surface area contributed by atoms with Gasteiger partial charge in [0, 0.05) is 19.6 Å². The number of hydrogen-bond donors (Lipinski definition) is 2. The Labute approximate surface area is 98.0 Å². The molecule has 1 fully saturated rings. The first-order valence-electron chi connectivity index (χ1n) is 6.03.